The first-order chi connectivity index (χ1) is 20.6. The second-order valence-electron chi connectivity index (χ2n) is 11.7. The second-order valence-corrected chi connectivity index (χ2v) is 13.5. The van der Waals surface area contributed by atoms with Crippen LogP contribution in [-0.4, -0.2) is 79.9 Å². The van der Waals surface area contributed by atoms with E-state index in [1.54, 1.807) is 52.1 Å². The largest absolute Gasteiger partial charge is 0.497 e. The maximum absolute atomic E-state index is 13.8. The Morgan fingerprint density at radius 2 is 1.63 bits per heavy atom. The van der Waals surface area contributed by atoms with E-state index in [2.05, 4.69) is 34.1 Å². The number of carbonyl (C=O) groups is 1. The zero-order chi connectivity index (χ0) is 30.7. The number of oxazole rings is 1. The number of hydrogen-bond acceptors (Lipinski definition) is 8. The molecule has 10 nitrogen and oxygen atoms in total. The smallest absolute Gasteiger partial charge is 0.275 e. The summed E-state index contributed by atoms with van der Waals surface area (Å²) in [7, 11) is 1.23. The van der Waals surface area contributed by atoms with Crippen LogP contribution in [0.5, 0.6) is 5.75 Å². The van der Waals surface area contributed by atoms with Crippen LogP contribution in [0.15, 0.2) is 52.0 Å². The quantitative estimate of drug-likeness (QED) is 0.295. The molecule has 1 aliphatic carbocycles. The van der Waals surface area contributed by atoms with Crippen LogP contribution in [-0.2, 0) is 34.4 Å². The lowest BCUT2D eigenvalue weighted by atomic mass is 10.1. The molecule has 2 aliphatic rings. The number of aromatic nitrogens is 1. The van der Waals surface area contributed by atoms with Crippen molar-refractivity contribution in [2.45, 2.75) is 76.2 Å². The third-order valence-electron chi connectivity index (χ3n) is 8.32. The Labute approximate surface area is 254 Å². The predicted molar refractivity (Wildman–Crippen MR) is 162 cm³/mol. The van der Waals surface area contributed by atoms with E-state index in [-0.39, 0.29) is 35.0 Å². The van der Waals surface area contributed by atoms with Crippen LogP contribution in [0.2, 0.25) is 0 Å². The number of carbonyl (C=O) groups excluding carboxylic acids is 1. The standard InChI is InChI=1S/C32H42N4O6S/c1-22-16-28(41-5)17-23(2)31(22)43(38,39)36(26-10-11-26)20-30-33-29(21-42-30)32(37)34(3)18-24-6-8-25(9-7-24)19-35-14-12-27(40-4)13-15-35/h6-9,16-17,21,26-27H,10-15,18-20H2,1-5H3. The Balaban J connectivity index is 1.21. The molecule has 0 unspecified atom stereocenters. The SMILES string of the molecule is COc1cc(C)c(S(=O)(=O)N(Cc2nc(C(=O)N(C)Cc3ccc(CN4CCC(OC)CC4)cc3)co2)C2CC2)c(C)c1. The number of aryl methyl sites for hydroxylation is 2. The molecule has 1 amide bonds. The molecule has 43 heavy (non-hydrogen) atoms. The average Bonchev–Trinajstić information content (AvgIpc) is 3.72. The fourth-order valence-electron chi connectivity index (χ4n) is 5.79. The first kappa shape index (κ1) is 31.2. The molecular weight excluding hydrogens is 568 g/mol. The summed E-state index contributed by atoms with van der Waals surface area (Å²) >= 11 is 0. The van der Waals surface area contributed by atoms with Gasteiger partial charge in [0.15, 0.2) is 5.69 Å². The van der Waals surface area contributed by atoms with Gasteiger partial charge in [-0.3, -0.25) is 9.69 Å². The number of hydrogen-bond donors (Lipinski definition) is 0. The minimum atomic E-state index is -3.83. The fourth-order valence-corrected chi connectivity index (χ4v) is 7.84. The number of methoxy groups -OCH3 is 2. The minimum Gasteiger partial charge on any atom is -0.497 e. The first-order valence-corrected chi connectivity index (χ1v) is 16.2. The van der Waals surface area contributed by atoms with Crippen LogP contribution in [0.4, 0.5) is 0 Å². The first-order valence-electron chi connectivity index (χ1n) is 14.8. The predicted octanol–water partition coefficient (Wildman–Crippen LogP) is 4.54. The van der Waals surface area contributed by atoms with Crippen molar-refractivity contribution in [2.24, 2.45) is 0 Å². The zero-order valence-corrected chi connectivity index (χ0v) is 26.5. The highest BCUT2D eigenvalue weighted by Crippen LogP contribution is 2.36. The van der Waals surface area contributed by atoms with Crippen LogP contribution >= 0.6 is 0 Å². The molecule has 2 heterocycles. The molecule has 0 spiro atoms. The van der Waals surface area contributed by atoms with Crippen LogP contribution in [0.25, 0.3) is 0 Å². The average molecular weight is 611 g/mol. The Morgan fingerprint density at radius 3 is 2.21 bits per heavy atom. The van der Waals surface area contributed by atoms with E-state index in [9.17, 15) is 13.2 Å². The number of rotatable bonds is 12. The summed E-state index contributed by atoms with van der Waals surface area (Å²) in [6, 6.07) is 11.7. The Hall–Kier alpha value is -3.25. The Morgan fingerprint density at radius 1 is 1.00 bits per heavy atom. The third-order valence-corrected chi connectivity index (χ3v) is 10.5. The third kappa shape index (κ3) is 7.29. The summed E-state index contributed by atoms with van der Waals surface area (Å²) in [6.07, 6.45) is 5.34. The van der Waals surface area contributed by atoms with Crippen molar-refractivity contribution >= 4 is 15.9 Å². The topological polar surface area (TPSA) is 105 Å². The lowest BCUT2D eigenvalue weighted by Gasteiger charge is -2.31. The summed E-state index contributed by atoms with van der Waals surface area (Å²) < 4.78 is 45.5. The molecule has 11 heteroatoms. The van der Waals surface area contributed by atoms with Crippen LogP contribution in [0.3, 0.4) is 0 Å². The Bertz CT molecular complexity index is 1500. The number of benzene rings is 2. The minimum absolute atomic E-state index is 0.0422. The molecule has 2 aromatic carbocycles. The molecule has 0 atom stereocenters. The van der Waals surface area contributed by atoms with Crippen LogP contribution in [0.1, 0.15) is 64.3 Å². The molecule has 232 valence electrons. The molecule has 0 radical (unpaired) electrons. The highest BCUT2D eigenvalue weighted by molar-refractivity contribution is 7.89. The zero-order valence-electron chi connectivity index (χ0n) is 25.7. The van der Waals surface area contributed by atoms with Crippen molar-refractivity contribution < 1.29 is 27.1 Å². The van der Waals surface area contributed by atoms with Gasteiger partial charge in [0.2, 0.25) is 15.9 Å². The van der Waals surface area contributed by atoms with Gasteiger partial charge in [-0.2, -0.15) is 4.31 Å². The monoisotopic (exact) mass is 610 g/mol. The molecule has 2 fully saturated rings. The molecule has 1 aromatic heterocycles. The van der Waals surface area contributed by atoms with E-state index in [0.717, 1.165) is 50.9 Å². The number of amides is 1. The van der Waals surface area contributed by atoms with Crippen molar-refractivity contribution in [3.05, 3.63) is 76.5 Å². The van der Waals surface area contributed by atoms with Gasteiger partial charge in [-0.05, 0) is 73.9 Å². The van der Waals surface area contributed by atoms with Crippen molar-refractivity contribution in [1.82, 2.24) is 19.1 Å². The van der Waals surface area contributed by atoms with Crippen molar-refractivity contribution in [1.29, 1.82) is 0 Å². The van der Waals surface area contributed by atoms with Gasteiger partial charge in [-0.25, -0.2) is 13.4 Å². The summed E-state index contributed by atoms with van der Waals surface area (Å²) in [5.74, 6) is 0.513. The van der Waals surface area contributed by atoms with E-state index in [0.29, 0.717) is 29.5 Å². The molecule has 3 aromatic rings. The second kappa shape index (κ2) is 13.2. The molecule has 0 bridgehead atoms. The lowest BCUT2D eigenvalue weighted by Crippen LogP contribution is -2.36. The van der Waals surface area contributed by atoms with Crippen molar-refractivity contribution in [3.8, 4) is 5.75 Å². The molecule has 1 aliphatic heterocycles. The highest BCUT2D eigenvalue weighted by atomic mass is 32.2. The molecule has 1 saturated heterocycles. The molecular formula is C32H42N4O6S. The van der Waals surface area contributed by atoms with Crippen LogP contribution < -0.4 is 4.74 Å². The van der Waals surface area contributed by atoms with Gasteiger partial charge in [0.1, 0.15) is 12.0 Å². The summed E-state index contributed by atoms with van der Waals surface area (Å²) in [5.41, 5.74) is 3.64. The van der Waals surface area contributed by atoms with Gasteiger partial charge in [0.25, 0.3) is 5.91 Å². The maximum atomic E-state index is 13.8. The van der Waals surface area contributed by atoms with Gasteiger partial charge in [0.05, 0.1) is 24.7 Å². The van der Waals surface area contributed by atoms with E-state index in [1.807, 2.05) is 0 Å². The lowest BCUT2D eigenvalue weighted by molar-refractivity contribution is 0.0388. The van der Waals surface area contributed by atoms with E-state index < -0.39 is 10.0 Å². The van der Waals surface area contributed by atoms with Gasteiger partial charge < -0.3 is 18.8 Å². The normalized spacial score (nSPS) is 16.5. The van der Waals surface area contributed by atoms with E-state index in [4.69, 9.17) is 13.9 Å². The Kier molecular flexibility index (Phi) is 9.55. The number of likely N-dealkylation sites (tertiary alicyclic amines) is 1. The van der Waals surface area contributed by atoms with Crippen LogP contribution in [0, 0.1) is 13.8 Å². The highest BCUT2D eigenvalue weighted by Gasteiger charge is 2.40. The van der Waals surface area contributed by atoms with E-state index >= 15 is 0 Å². The van der Waals surface area contributed by atoms with Crippen molar-refractivity contribution in [3.63, 3.8) is 0 Å². The van der Waals surface area contributed by atoms with E-state index in [1.165, 1.54) is 16.1 Å². The van der Waals surface area contributed by atoms with Gasteiger partial charge in [0, 0.05) is 46.4 Å². The maximum Gasteiger partial charge on any atom is 0.275 e. The van der Waals surface area contributed by atoms with Gasteiger partial charge in [-0.15, -0.1) is 0 Å². The number of nitrogens with zero attached hydrogens (tertiary/aromatic N) is 4. The number of ether oxygens (including phenoxy) is 2. The summed E-state index contributed by atoms with van der Waals surface area (Å²) in [6.45, 7) is 6.87. The molecule has 5 rings (SSSR count). The summed E-state index contributed by atoms with van der Waals surface area (Å²) in [4.78, 5) is 21.9. The van der Waals surface area contributed by atoms with Gasteiger partial charge >= 0.3 is 0 Å². The molecule has 1 saturated carbocycles. The number of sulfonamides is 1. The number of piperidine rings is 1. The fraction of sp³-hybridized carbons (Fsp3) is 0.500. The molecule has 0 N–H and O–H groups in total. The van der Waals surface area contributed by atoms with Gasteiger partial charge in [-0.1, -0.05) is 24.3 Å². The van der Waals surface area contributed by atoms with Crippen molar-refractivity contribution in [2.75, 3.05) is 34.4 Å². The summed E-state index contributed by atoms with van der Waals surface area (Å²) in [5, 5.41) is 0.